The zero-order chi connectivity index (χ0) is 17.0. The fourth-order valence-corrected chi connectivity index (χ4v) is 3.49. The predicted molar refractivity (Wildman–Crippen MR) is 97.3 cm³/mol. The zero-order valence-corrected chi connectivity index (χ0v) is 15.7. The third-order valence-electron chi connectivity index (χ3n) is 2.85. The van der Waals surface area contributed by atoms with E-state index in [1.165, 1.54) is 11.8 Å². The van der Waals surface area contributed by atoms with Crippen LogP contribution in [0.2, 0.25) is 0 Å². The molecule has 1 aromatic rings. The van der Waals surface area contributed by atoms with Gasteiger partial charge in [-0.3, -0.25) is 4.79 Å². The highest BCUT2D eigenvalue weighted by Gasteiger charge is 2.31. The largest absolute Gasteiger partial charge is 0.359 e. The second-order valence-electron chi connectivity index (χ2n) is 6.32. The third-order valence-corrected chi connectivity index (χ3v) is 5.17. The quantitative estimate of drug-likeness (QED) is 0.753. The fraction of sp³-hybridized carbons (Fsp3) is 0.500. The van der Waals surface area contributed by atoms with Gasteiger partial charge in [-0.15, -0.1) is 23.5 Å². The van der Waals surface area contributed by atoms with Gasteiger partial charge >= 0.3 is 0 Å². The molecule has 0 aliphatic rings. The van der Waals surface area contributed by atoms with E-state index < -0.39 is 4.75 Å². The Balaban J connectivity index is 2.80. The zero-order valence-electron chi connectivity index (χ0n) is 14.0. The van der Waals surface area contributed by atoms with Crippen LogP contribution in [0.3, 0.4) is 0 Å². The molecule has 0 fully saturated rings. The van der Waals surface area contributed by atoms with Gasteiger partial charge in [0.1, 0.15) is 5.76 Å². The highest BCUT2D eigenvalue weighted by molar-refractivity contribution is 8.22. The lowest BCUT2D eigenvalue weighted by molar-refractivity contribution is -0.117. The van der Waals surface area contributed by atoms with Gasteiger partial charge in [-0.25, -0.2) is 0 Å². The number of anilines is 1. The van der Waals surface area contributed by atoms with Crippen molar-refractivity contribution >= 4 is 35.2 Å². The normalized spacial score (nSPS) is 13.1. The summed E-state index contributed by atoms with van der Waals surface area (Å²) in [7, 11) is 0. The van der Waals surface area contributed by atoms with Crippen LogP contribution in [0.5, 0.6) is 0 Å². The van der Waals surface area contributed by atoms with Crippen LogP contribution in [0.15, 0.2) is 33.6 Å². The Kier molecular flexibility index (Phi) is 6.38. The number of nitrogens with one attached hydrogen (secondary N) is 1. The van der Waals surface area contributed by atoms with Crippen LogP contribution < -0.4 is 5.32 Å². The summed E-state index contributed by atoms with van der Waals surface area (Å²) >= 11 is 3.08. The molecule has 0 aliphatic heterocycles. The van der Waals surface area contributed by atoms with E-state index in [0.717, 1.165) is 10.00 Å². The molecule has 0 radical (unpaired) electrons. The van der Waals surface area contributed by atoms with Crippen molar-refractivity contribution in [1.29, 1.82) is 0 Å². The minimum Gasteiger partial charge on any atom is -0.359 e. The van der Waals surface area contributed by atoms with E-state index in [1.54, 1.807) is 23.9 Å². The molecule has 0 spiro atoms. The summed E-state index contributed by atoms with van der Waals surface area (Å²) in [4.78, 5) is 12.5. The minimum absolute atomic E-state index is 0.115. The van der Waals surface area contributed by atoms with Gasteiger partial charge in [-0.05, 0) is 26.2 Å². The summed E-state index contributed by atoms with van der Waals surface area (Å²) < 4.78 is 5.69. The maximum absolute atomic E-state index is 12.5. The van der Waals surface area contributed by atoms with Gasteiger partial charge in [0.05, 0.1) is 4.75 Å². The highest BCUT2D eigenvalue weighted by Crippen LogP contribution is 2.38. The second-order valence-corrected chi connectivity index (χ2v) is 9.09. The van der Waals surface area contributed by atoms with Crippen LogP contribution in [-0.2, 0) is 10.2 Å². The van der Waals surface area contributed by atoms with Gasteiger partial charge in [-0.1, -0.05) is 38.6 Å². The lowest BCUT2D eigenvalue weighted by atomic mass is 9.93. The van der Waals surface area contributed by atoms with Gasteiger partial charge in [0.2, 0.25) is 5.91 Å². The van der Waals surface area contributed by atoms with Crippen molar-refractivity contribution in [3.8, 4) is 0 Å². The van der Waals surface area contributed by atoms with E-state index in [1.807, 2.05) is 47.0 Å². The third kappa shape index (κ3) is 5.25. The molecule has 0 aliphatic carbocycles. The molecule has 1 rings (SSSR count). The van der Waals surface area contributed by atoms with E-state index in [-0.39, 0.29) is 11.3 Å². The molecular formula is C16H24N2O2S2. The monoisotopic (exact) mass is 340 g/mol. The number of carbonyl (C=O) groups is 1. The van der Waals surface area contributed by atoms with E-state index in [0.29, 0.717) is 5.82 Å². The van der Waals surface area contributed by atoms with Crippen LogP contribution in [0, 0.1) is 0 Å². The first-order valence-corrected chi connectivity index (χ1v) is 8.98. The van der Waals surface area contributed by atoms with E-state index in [4.69, 9.17) is 4.52 Å². The van der Waals surface area contributed by atoms with Crippen LogP contribution in [-0.4, -0.2) is 22.1 Å². The predicted octanol–water partition coefficient (Wildman–Crippen LogP) is 4.81. The van der Waals surface area contributed by atoms with Crippen LogP contribution in [0.4, 0.5) is 5.82 Å². The Morgan fingerprint density at radius 1 is 1.36 bits per heavy atom. The molecule has 0 unspecified atom stereocenters. The number of hydrogen-bond donors (Lipinski definition) is 1. The number of nitrogens with zero attached hydrogens (tertiary/aromatic N) is 1. The molecule has 6 heteroatoms. The molecule has 1 aromatic heterocycles. The molecule has 0 aromatic carbocycles. The average molecular weight is 341 g/mol. The summed E-state index contributed by atoms with van der Waals surface area (Å²) in [5.41, 5.74) is -0.140. The number of hydrogen-bond acceptors (Lipinski definition) is 5. The molecule has 4 nitrogen and oxygen atoms in total. The highest BCUT2D eigenvalue weighted by atomic mass is 32.2. The number of aromatic nitrogens is 1. The van der Waals surface area contributed by atoms with Crippen molar-refractivity contribution in [2.24, 2.45) is 0 Å². The van der Waals surface area contributed by atoms with Gasteiger partial charge in [0, 0.05) is 15.7 Å². The Morgan fingerprint density at radius 2 is 2.00 bits per heavy atom. The number of thioether (sulfide) groups is 2. The summed E-state index contributed by atoms with van der Waals surface area (Å²) in [5.74, 6) is 1.07. The summed E-state index contributed by atoms with van der Waals surface area (Å²) in [6.07, 6.45) is 5.60. The maximum Gasteiger partial charge on any atom is 0.241 e. The Morgan fingerprint density at radius 3 is 2.45 bits per heavy atom. The van der Waals surface area contributed by atoms with Crippen molar-refractivity contribution in [2.75, 3.05) is 11.6 Å². The molecule has 1 amide bonds. The summed E-state index contributed by atoms with van der Waals surface area (Å²) in [5, 5.41) is 6.74. The lowest BCUT2D eigenvalue weighted by Gasteiger charge is -2.22. The Hall–Kier alpha value is -1.14. The van der Waals surface area contributed by atoms with E-state index >= 15 is 0 Å². The van der Waals surface area contributed by atoms with Crippen molar-refractivity contribution in [3.05, 3.63) is 34.8 Å². The Bertz CT molecular complexity index is 569. The van der Waals surface area contributed by atoms with E-state index in [9.17, 15) is 4.79 Å². The van der Waals surface area contributed by atoms with Crippen molar-refractivity contribution in [2.45, 2.75) is 44.8 Å². The first kappa shape index (κ1) is 18.9. The molecule has 22 heavy (non-hydrogen) atoms. The topological polar surface area (TPSA) is 55.1 Å². The lowest BCUT2D eigenvalue weighted by Crippen LogP contribution is -2.34. The maximum atomic E-state index is 12.5. The van der Waals surface area contributed by atoms with Gasteiger partial charge in [0.15, 0.2) is 5.82 Å². The standard InChI is InChI=1S/C16H24N2O2S2/c1-8-9-13(21-7)22-16(5,6)14(19)17-12-10-11(20-18-12)15(2,3)4/h8-10H,1H2,2-7H3,(H,17,18,19)/b13-9+. The van der Waals surface area contributed by atoms with E-state index in [2.05, 4.69) is 17.1 Å². The number of rotatable bonds is 6. The van der Waals surface area contributed by atoms with Gasteiger partial charge < -0.3 is 9.84 Å². The van der Waals surface area contributed by atoms with Crippen molar-refractivity contribution < 1.29 is 9.32 Å². The molecule has 0 atom stereocenters. The molecule has 0 bridgehead atoms. The summed E-state index contributed by atoms with van der Waals surface area (Å²) in [6, 6.07) is 1.77. The van der Waals surface area contributed by atoms with Crippen LogP contribution >= 0.6 is 23.5 Å². The molecule has 1 N–H and O–H groups in total. The number of amides is 1. The fourth-order valence-electron chi connectivity index (χ4n) is 1.49. The molecule has 0 saturated heterocycles. The Labute approximate surface area is 141 Å². The summed E-state index contributed by atoms with van der Waals surface area (Å²) in [6.45, 7) is 13.5. The van der Waals surface area contributed by atoms with Crippen molar-refractivity contribution in [1.82, 2.24) is 5.16 Å². The SMILES string of the molecule is C=C/C=C(\SC)SC(C)(C)C(=O)Nc1cc(C(C)(C)C)on1. The van der Waals surface area contributed by atoms with Gasteiger partial charge in [-0.2, -0.15) is 0 Å². The smallest absolute Gasteiger partial charge is 0.241 e. The van der Waals surface area contributed by atoms with Gasteiger partial charge in [0.25, 0.3) is 0 Å². The first-order valence-electron chi connectivity index (χ1n) is 6.94. The molecule has 0 saturated carbocycles. The second kappa shape index (κ2) is 7.42. The van der Waals surface area contributed by atoms with Crippen LogP contribution in [0.1, 0.15) is 40.4 Å². The average Bonchev–Trinajstić information content (AvgIpc) is 2.86. The number of allylic oxidation sites excluding steroid dienone is 2. The molecular weight excluding hydrogens is 316 g/mol. The first-order chi connectivity index (χ1) is 10.1. The van der Waals surface area contributed by atoms with Crippen molar-refractivity contribution in [3.63, 3.8) is 0 Å². The number of carbonyl (C=O) groups excluding carboxylic acids is 1. The van der Waals surface area contributed by atoms with Crippen LogP contribution in [0.25, 0.3) is 0 Å². The molecule has 122 valence electrons. The minimum atomic E-state index is -0.626. The molecule has 1 heterocycles.